The number of nitrogens with one attached hydrogen (secondary N) is 1. The molecular weight excluding hydrogens is 236 g/mol. The molecule has 0 aromatic carbocycles. The standard InChI is InChI=1S/C8H9BrN2O2/c1-3-5(8(10)13)7(12)6(9)4(2)11-3/h1-2H3,(H2,10,13)(H,11,12). The molecule has 4 nitrogen and oxygen atoms in total. The van der Waals surface area contributed by atoms with Gasteiger partial charge in [-0.3, -0.25) is 9.59 Å². The number of H-pyrrole nitrogens is 1. The molecule has 1 amide bonds. The third-order valence-electron chi connectivity index (χ3n) is 1.75. The van der Waals surface area contributed by atoms with E-state index in [0.29, 0.717) is 15.9 Å². The molecule has 0 aliphatic carbocycles. The number of amides is 1. The lowest BCUT2D eigenvalue weighted by Gasteiger charge is -2.04. The van der Waals surface area contributed by atoms with Gasteiger partial charge in [-0.2, -0.15) is 0 Å². The Labute approximate surface area is 83.3 Å². The highest BCUT2D eigenvalue weighted by atomic mass is 79.9. The van der Waals surface area contributed by atoms with Gasteiger partial charge in [0.25, 0.3) is 5.91 Å². The number of hydrogen-bond acceptors (Lipinski definition) is 2. The third kappa shape index (κ3) is 1.65. The van der Waals surface area contributed by atoms with E-state index in [1.807, 2.05) is 0 Å². The molecule has 0 saturated heterocycles. The second kappa shape index (κ2) is 3.33. The largest absolute Gasteiger partial charge is 0.365 e. The van der Waals surface area contributed by atoms with Gasteiger partial charge >= 0.3 is 0 Å². The summed E-state index contributed by atoms with van der Waals surface area (Å²) in [5, 5.41) is 0. The minimum atomic E-state index is -0.709. The van der Waals surface area contributed by atoms with Crippen molar-refractivity contribution in [2.24, 2.45) is 5.73 Å². The molecule has 3 N–H and O–H groups in total. The predicted molar refractivity (Wildman–Crippen MR) is 52.8 cm³/mol. The number of carbonyl (C=O) groups is 1. The first-order valence-corrected chi connectivity index (χ1v) is 4.43. The van der Waals surface area contributed by atoms with Crippen LogP contribution >= 0.6 is 15.9 Å². The fourth-order valence-electron chi connectivity index (χ4n) is 1.15. The monoisotopic (exact) mass is 244 g/mol. The van der Waals surface area contributed by atoms with Crippen molar-refractivity contribution in [3.63, 3.8) is 0 Å². The van der Waals surface area contributed by atoms with Crippen molar-refractivity contribution in [2.75, 3.05) is 0 Å². The normalized spacial score (nSPS) is 10.1. The average molecular weight is 245 g/mol. The number of nitrogens with two attached hydrogens (primary N) is 1. The zero-order chi connectivity index (χ0) is 10.2. The molecule has 1 heterocycles. The Hall–Kier alpha value is -1.10. The fourth-order valence-corrected chi connectivity index (χ4v) is 1.44. The summed E-state index contributed by atoms with van der Waals surface area (Å²) < 4.78 is 0.354. The topological polar surface area (TPSA) is 76.0 Å². The second-order valence-electron chi connectivity index (χ2n) is 2.76. The van der Waals surface area contributed by atoms with E-state index >= 15 is 0 Å². The van der Waals surface area contributed by atoms with E-state index in [-0.39, 0.29) is 11.0 Å². The highest BCUT2D eigenvalue weighted by Gasteiger charge is 2.14. The lowest BCUT2D eigenvalue weighted by Crippen LogP contribution is -2.25. The summed E-state index contributed by atoms with van der Waals surface area (Å²) in [6, 6.07) is 0. The highest BCUT2D eigenvalue weighted by molar-refractivity contribution is 9.10. The minimum absolute atomic E-state index is 0.0116. The van der Waals surface area contributed by atoms with Gasteiger partial charge in [-0.15, -0.1) is 0 Å². The van der Waals surface area contributed by atoms with Gasteiger partial charge in [-0.05, 0) is 29.8 Å². The van der Waals surface area contributed by atoms with Gasteiger partial charge in [0.2, 0.25) is 5.43 Å². The molecule has 13 heavy (non-hydrogen) atoms. The minimum Gasteiger partial charge on any atom is -0.365 e. The molecule has 5 heteroatoms. The van der Waals surface area contributed by atoms with Gasteiger partial charge in [-0.1, -0.05) is 0 Å². The Morgan fingerprint density at radius 2 is 1.92 bits per heavy atom. The molecular formula is C8H9BrN2O2. The van der Waals surface area contributed by atoms with Crippen LogP contribution in [0.5, 0.6) is 0 Å². The first kappa shape index (κ1) is 9.98. The number of hydrogen-bond donors (Lipinski definition) is 2. The first-order chi connectivity index (χ1) is 5.95. The lowest BCUT2D eigenvalue weighted by molar-refractivity contribution is 0.0998. The van der Waals surface area contributed by atoms with Crippen molar-refractivity contribution in [1.29, 1.82) is 0 Å². The molecule has 0 bridgehead atoms. The molecule has 1 rings (SSSR count). The van der Waals surface area contributed by atoms with Crippen molar-refractivity contribution in [2.45, 2.75) is 13.8 Å². The van der Waals surface area contributed by atoms with E-state index in [1.54, 1.807) is 13.8 Å². The Kier molecular flexibility index (Phi) is 2.56. The quantitative estimate of drug-likeness (QED) is 0.769. The summed E-state index contributed by atoms with van der Waals surface area (Å²) in [5.74, 6) is -0.709. The van der Waals surface area contributed by atoms with E-state index in [4.69, 9.17) is 5.73 Å². The van der Waals surface area contributed by atoms with E-state index in [0.717, 1.165) is 0 Å². The van der Waals surface area contributed by atoms with Gasteiger partial charge in [0.15, 0.2) is 0 Å². The Bertz CT molecular complexity index is 423. The molecule has 70 valence electrons. The lowest BCUT2D eigenvalue weighted by atomic mass is 10.1. The molecule has 0 spiro atoms. The molecule has 1 aromatic rings. The third-order valence-corrected chi connectivity index (χ3v) is 2.71. The smallest absolute Gasteiger partial charge is 0.254 e. The van der Waals surface area contributed by atoms with Crippen LogP contribution in [0, 0.1) is 13.8 Å². The van der Waals surface area contributed by atoms with E-state index in [9.17, 15) is 9.59 Å². The summed E-state index contributed by atoms with van der Waals surface area (Å²) in [4.78, 5) is 25.3. The Balaban J connectivity index is 3.63. The van der Waals surface area contributed by atoms with E-state index < -0.39 is 5.91 Å². The van der Waals surface area contributed by atoms with Crippen LogP contribution in [-0.2, 0) is 0 Å². The van der Waals surface area contributed by atoms with Crippen molar-refractivity contribution in [1.82, 2.24) is 4.98 Å². The van der Waals surface area contributed by atoms with Gasteiger partial charge in [0.1, 0.15) is 5.56 Å². The van der Waals surface area contributed by atoms with Crippen molar-refractivity contribution >= 4 is 21.8 Å². The number of halogens is 1. The zero-order valence-electron chi connectivity index (χ0n) is 7.27. The fraction of sp³-hybridized carbons (Fsp3) is 0.250. The van der Waals surface area contributed by atoms with E-state index in [2.05, 4.69) is 20.9 Å². The maximum absolute atomic E-state index is 11.5. The summed E-state index contributed by atoms with van der Waals surface area (Å²) in [6.07, 6.45) is 0. The average Bonchev–Trinajstić information content (AvgIpc) is 1.99. The van der Waals surface area contributed by atoms with Crippen molar-refractivity contribution in [3.05, 3.63) is 31.6 Å². The summed E-state index contributed by atoms with van der Waals surface area (Å²) >= 11 is 3.08. The maximum atomic E-state index is 11.5. The van der Waals surface area contributed by atoms with Crippen LogP contribution in [0.1, 0.15) is 21.7 Å². The van der Waals surface area contributed by atoms with Gasteiger partial charge in [-0.25, -0.2) is 0 Å². The zero-order valence-corrected chi connectivity index (χ0v) is 8.86. The maximum Gasteiger partial charge on any atom is 0.254 e. The number of pyridine rings is 1. The molecule has 0 unspecified atom stereocenters. The number of primary amides is 1. The summed E-state index contributed by atoms with van der Waals surface area (Å²) in [7, 11) is 0. The van der Waals surface area contributed by atoms with Crippen LogP contribution in [0.2, 0.25) is 0 Å². The molecule has 0 aliphatic heterocycles. The summed E-state index contributed by atoms with van der Waals surface area (Å²) in [5.41, 5.74) is 5.89. The van der Waals surface area contributed by atoms with Gasteiger partial charge in [0, 0.05) is 11.4 Å². The number of aromatic nitrogens is 1. The predicted octanol–water partition coefficient (Wildman–Crippen LogP) is 0.853. The van der Waals surface area contributed by atoms with E-state index in [1.165, 1.54) is 0 Å². The van der Waals surface area contributed by atoms with Crippen molar-refractivity contribution < 1.29 is 4.79 Å². The highest BCUT2D eigenvalue weighted by Crippen LogP contribution is 2.11. The van der Waals surface area contributed by atoms with Crippen LogP contribution in [0.4, 0.5) is 0 Å². The summed E-state index contributed by atoms with van der Waals surface area (Å²) in [6.45, 7) is 3.38. The van der Waals surface area contributed by atoms with Crippen LogP contribution in [0.25, 0.3) is 0 Å². The van der Waals surface area contributed by atoms with Crippen LogP contribution in [-0.4, -0.2) is 10.9 Å². The van der Waals surface area contributed by atoms with Crippen LogP contribution in [0.3, 0.4) is 0 Å². The Morgan fingerprint density at radius 1 is 1.38 bits per heavy atom. The number of carbonyl (C=O) groups excluding carboxylic acids is 1. The Morgan fingerprint density at radius 3 is 2.38 bits per heavy atom. The molecule has 0 radical (unpaired) electrons. The molecule has 0 fully saturated rings. The molecule has 0 atom stereocenters. The number of rotatable bonds is 1. The molecule has 0 saturated carbocycles. The number of aryl methyl sites for hydroxylation is 2. The number of aromatic amines is 1. The van der Waals surface area contributed by atoms with Gasteiger partial charge < -0.3 is 10.7 Å². The SMILES string of the molecule is Cc1[nH]c(C)c(C(N)=O)c(=O)c1Br. The van der Waals surface area contributed by atoms with Crippen LogP contribution in [0.15, 0.2) is 9.27 Å². The first-order valence-electron chi connectivity index (χ1n) is 3.64. The molecule has 0 aliphatic rings. The van der Waals surface area contributed by atoms with Gasteiger partial charge in [0.05, 0.1) is 4.47 Å². The van der Waals surface area contributed by atoms with Crippen LogP contribution < -0.4 is 11.2 Å². The second-order valence-corrected chi connectivity index (χ2v) is 3.55. The molecule has 1 aromatic heterocycles. The van der Waals surface area contributed by atoms with Crippen molar-refractivity contribution in [3.8, 4) is 0 Å².